The molecule has 2 N–H and O–H groups in total. The molecular weight excluding hydrogens is 244 g/mol. The van der Waals surface area contributed by atoms with Gasteiger partial charge in [0.05, 0.1) is 0 Å². The Balaban J connectivity index is 2.57. The summed E-state index contributed by atoms with van der Waals surface area (Å²) in [5.41, 5.74) is 2.83. The van der Waals surface area contributed by atoms with E-state index in [2.05, 4.69) is 5.32 Å². The number of benzene rings is 1. The van der Waals surface area contributed by atoms with Gasteiger partial charge in [-0.2, -0.15) is 0 Å². The van der Waals surface area contributed by atoms with Gasteiger partial charge in [0.15, 0.2) is 0 Å². The van der Waals surface area contributed by atoms with Gasteiger partial charge in [-0.3, -0.25) is 4.79 Å². The lowest BCUT2D eigenvalue weighted by atomic mass is 10.1. The number of rotatable bonds is 5. The second-order valence-electron chi connectivity index (χ2n) is 4.62. The monoisotopic (exact) mass is 264 g/mol. The largest absolute Gasteiger partial charge is 0.481 e. The fourth-order valence-electron chi connectivity index (χ4n) is 1.78. The maximum Gasteiger partial charge on any atom is 0.321 e. The highest BCUT2D eigenvalue weighted by Gasteiger charge is 2.11. The minimum atomic E-state index is -0.844. The Bertz CT molecular complexity index is 452. The van der Waals surface area contributed by atoms with Crippen LogP contribution in [0.25, 0.3) is 0 Å². The van der Waals surface area contributed by atoms with Crippen molar-refractivity contribution in [3.05, 3.63) is 29.3 Å². The van der Waals surface area contributed by atoms with Gasteiger partial charge in [0.25, 0.3) is 0 Å². The maximum atomic E-state index is 12.0. The third-order valence-corrected chi connectivity index (χ3v) is 2.94. The molecule has 0 spiro atoms. The first-order chi connectivity index (χ1) is 8.91. The van der Waals surface area contributed by atoms with Crippen LogP contribution in [0, 0.1) is 13.8 Å². The van der Waals surface area contributed by atoms with Crippen molar-refractivity contribution in [2.75, 3.05) is 18.9 Å². The first kappa shape index (κ1) is 15.0. The SMILES string of the molecule is Cc1cccc(C)c1NC(=O)N(C)CCCC(=O)O. The van der Waals surface area contributed by atoms with Gasteiger partial charge in [-0.1, -0.05) is 18.2 Å². The molecular formula is C14H20N2O3. The van der Waals surface area contributed by atoms with E-state index in [4.69, 9.17) is 5.11 Å². The molecule has 0 aliphatic rings. The summed E-state index contributed by atoms with van der Waals surface area (Å²) >= 11 is 0. The highest BCUT2D eigenvalue weighted by atomic mass is 16.4. The molecule has 0 saturated heterocycles. The van der Waals surface area contributed by atoms with Crippen molar-refractivity contribution < 1.29 is 14.7 Å². The van der Waals surface area contributed by atoms with Crippen molar-refractivity contribution in [3.8, 4) is 0 Å². The van der Waals surface area contributed by atoms with Crippen LogP contribution < -0.4 is 5.32 Å². The average Bonchev–Trinajstić information content (AvgIpc) is 2.33. The van der Waals surface area contributed by atoms with Crippen molar-refractivity contribution in [1.29, 1.82) is 0 Å². The summed E-state index contributed by atoms with van der Waals surface area (Å²) < 4.78 is 0. The fourth-order valence-corrected chi connectivity index (χ4v) is 1.78. The molecule has 0 atom stereocenters. The number of anilines is 1. The molecule has 0 heterocycles. The summed E-state index contributed by atoms with van der Waals surface area (Å²) in [7, 11) is 1.66. The Kier molecular flexibility index (Phi) is 5.36. The standard InChI is InChI=1S/C14H20N2O3/c1-10-6-4-7-11(2)13(10)15-14(19)16(3)9-5-8-12(17)18/h4,6-7H,5,8-9H2,1-3H3,(H,15,19)(H,17,18). The number of carboxylic acid groups (broad SMARTS) is 1. The van der Waals surface area contributed by atoms with Crippen LogP contribution in [-0.4, -0.2) is 35.6 Å². The van der Waals surface area contributed by atoms with Gasteiger partial charge >= 0.3 is 12.0 Å². The van der Waals surface area contributed by atoms with E-state index in [1.54, 1.807) is 7.05 Å². The minimum absolute atomic E-state index is 0.0704. The summed E-state index contributed by atoms with van der Waals surface area (Å²) in [5, 5.41) is 11.4. The quantitative estimate of drug-likeness (QED) is 0.859. The van der Waals surface area contributed by atoms with Crippen molar-refractivity contribution >= 4 is 17.7 Å². The molecule has 0 aliphatic carbocycles. The van der Waals surface area contributed by atoms with E-state index in [1.165, 1.54) is 4.90 Å². The number of nitrogens with zero attached hydrogens (tertiary/aromatic N) is 1. The average molecular weight is 264 g/mol. The van der Waals surface area contributed by atoms with E-state index in [9.17, 15) is 9.59 Å². The van der Waals surface area contributed by atoms with E-state index in [0.29, 0.717) is 13.0 Å². The summed E-state index contributed by atoms with van der Waals surface area (Å²) in [6.07, 6.45) is 0.521. The third-order valence-electron chi connectivity index (χ3n) is 2.94. The Labute approximate surface area is 113 Å². The number of para-hydroxylation sites is 1. The zero-order valence-corrected chi connectivity index (χ0v) is 11.6. The minimum Gasteiger partial charge on any atom is -0.481 e. The number of hydrogen-bond acceptors (Lipinski definition) is 2. The highest BCUT2D eigenvalue weighted by Crippen LogP contribution is 2.19. The number of carbonyl (C=O) groups is 2. The van der Waals surface area contributed by atoms with Crippen molar-refractivity contribution in [2.45, 2.75) is 26.7 Å². The first-order valence-electron chi connectivity index (χ1n) is 6.22. The van der Waals surface area contributed by atoms with Gasteiger partial charge in [-0.25, -0.2) is 4.79 Å². The number of carboxylic acids is 1. The van der Waals surface area contributed by atoms with Crippen LogP contribution in [0.15, 0.2) is 18.2 Å². The lowest BCUT2D eigenvalue weighted by Crippen LogP contribution is -2.32. The van der Waals surface area contributed by atoms with Crippen LogP contribution in [0.3, 0.4) is 0 Å². The molecule has 19 heavy (non-hydrogen) atoms. The molecule has 0 bridgehead atoms. The lowest BCUT2D eigenvalue weighted by Gasteiger charge is -2.19. The van der Waals surface area contributed by atoms with E-state index < -0.39 is 5.97 Å². The molecule has 0 aliphatic heterocycles. The van der Waals surface area contributed by atoms with Gasteiger partial charge in [-0.05, 0) is 31.4 Å². The second-order valence-corrected chi connectivity index (χ2v) is 4.62. The van der Waals surface area contributed by atoms with Gasteiger partial charge in [0, 0.05) is 25.7 Å². The van der Waals surface area contributed by atoms with E-state index in [0.717, 1.165) is 16.8 Å². The molecule has 104 valence electrons. The van der Waals surface area contributed by atoms with Crippen LogP contribution >= 0.6 is 0 Å². The molecule has 0 unspecified atom stereocenters. The van der Waals surface area contributed by atoms with Gasteiger partial charge < -0.3 is 15.3 Å². The van der Waals surface area contributed by atoms with Crippen molar-refractivity contribution in [2.24, 2.45) is 0 Å². The Morgan fingerprint density at radius 1 is 1.26 bits per heavy atom. The van der Waals surface area contributed by atoms with Crippen molar-refractivity contribution in [1.82, 2.24) is 4.90 Å². The summed E-state index contributed by atoms with van der Waals surface area (Å²) in [5.74, 6) is -0.844. The molecule has 1 aromatic rings. The molecule has 0 radical (unpaired) electrons. The van der Waals surface area contributed by atoms with Gasteiger partial charge in [0.1, 0.15) is 0 Å². The molecule has 1 rings (SSSR count). The summed E-state index contributed by atoms with van der Waals surface area (Å²) in [6.45, 7) is 4.29. The van der Waals surface area contributed by atoms with Crippen LogP contribution in [0.2, 0.25) is 0 Å². The van der Waals surface area contributed by atoms with Crippen LogP contribution in [-0.2, 0) is 4.79 Å². The number of aliphatic carboxylic acids is 1. The van der Waals surface area contributed by atoms with Gasteiger partial charge in [0.2, 0.25) is 0 Å². The maximum absolute atomic E-state index is 12.0. The number of amides is 2. The normalized spacial score (nSPS) is 10.1. The summed E-state index contributed by atoms with van der Waals surface area (Å²) in [4.78, 5) is 23.9. The number of carbonyl (C=O) groups excluding carboxylic acids is 1. The number of aryl methyl sites for hydroxylation is 2. The Morgan fingerprint density at radius 2 is 1.84 bits per heavy atom. The topological polar surface area (TPSA) is 69.6 Å². The smallest absolute Gasteiger partial charge is 0.321 e. The van der Waals surface area contributed by atoms with Crippen LogP contribution in [0.5, 0.6) is 0 Å². The molecule has 5 heteroatoms. The number of urea groups is 1. The van der Waals surface area contributed by atoms with Crippen LogP contribution in [0.4, 0.5) is 10.5 Å². The molecule has 1 aromatic carbocycles. The molecule has 2 amide bonds. The molecule has 5 nitrogen and oxygen atoms in total. The van der Waals surface area contributed by atoms with E-state index in [-0.39, 0.29) is 12.5 Å². The van der Waals surface area contributed by atoms with Crippen molar-refractivity contribution in [3.63, 3.8) is 0 Å². The van der Waals surface area contributed by atoms with Gasteiger partial charge in [-0.15, -0.1) is 0 Å². The zero-order valence-electron chi connectivity index (χ0n) is 11.6. The van der Waals surface area contributed by atoms with Crippen LogP contribution in [0.1, 0.15) is 24.0 Å². The van der Waals surface area contributed by atoms with E-state index >= 15 is 0 Å². The predicted molar refractivity (Wildman–Crippen MR) is 74.4 cm³/mol. The molecule has 0 aromatic heterocycles. The summed E-state index contributed by atoms with van der Waals surface area (Å²) in [6, 6.07) is 5.60. The second kappa shape index (κ2) is 6.78. The fraction of sp³-hybridized carbons (Fsp3) is 0.429. The number of hydrogen-bond donors (Lipinski definition) is 2. The van der Waals surface area contributed by atoms with E-state index in [1.807, 2.05) is 32.0 Å². The molecule has 0 saturated carbocycles. The highest BCUT2D eigenvalue weighted by molar-refractivity contribution is 5.90. The number of nitrogens with one attached hydrogen (secondary N) is 1. The lowest BCUT2D eigenvalue weighted by molar-refractivity contribution is -0.137. The Hall–Kier alpha value is -2.04. The third kappa shape index (κ3) is 4.62. The predicted octanol–water partition coefficient (Wildman–Crippen LogP) is 2.63. The Morgan fingerprint density at radius 3 is 2.37 bits per heavy atom. The first-order valence-corrected chi connectivity index (χ1v) is 6.22. The zero-order chi connectivity index (χ0) is 14.4. The molecule has 0 fully saturated rings.